The first-order valence-electron chi connectivity index (χ1n) is 6.08. The Balaban J connectivity index is 2.28. The SMILES string of the molecule is Cc1ncsc1C(O)c1ccc(C(C)(C)C)cc1. The van der Waals surface area contributed by atoms with Crippen LogP contribution in [0.5, 0.6) is 0 Å². The van der Waals surface area contributed by atoms with E-state index in [0.29, 0.717) is 0 Å². The topological polar surface area (TPSA) is 33.1 Å². The zero-order valence-corrected chi connectivity index (χ0v) is 12.1. The van der Waals surface area contributed by atoms with Gasteiger partial charge in [0.2, 0.25) is 0 Å². The highest BCUT2D eigenvalue weighted by atomic mass is 32.1. The van der Waals surface area contributed by atoms with Crippen molar-refractivity contribution in [1.82, 2.24) is 4.98 Å². The Kier molecular flexibility index (Phi) is 3.55. The molecule has 96 valence electrons. The molecule has 0 saturated carbocycles. The van der Waals surface area contributed by atoms with E-state index in [1.165, 1.54) is 16.9 Å². The summed E-state index contributed by atoms with van der Waals surface area (Å²) in [6.07, 6.45) is -0.563. The average Bonchev–Trinajstić information content (AvgIpc) is 2.73. The predicted octanol–water partition coefficient (Wildman–Crippen LogP) is 3.83. The van der Waals surface area contributed by atoms with E-state index in [9.17, 15) is 5.11 Å². The van der Waals surface area contributed by atoms with Crippen molar-refractivity contribution < 1.29 is 5.11 Å². The lowest BCUT2D eigenvalue weighted by molar-refractivity contribution is 0.223. The van der Waals surface area contributed by atoms with Crippen LogP contribution in [0.15, 0.2) is 29.8 Å². The van der Waals surface area contributed by atoms with Gasteiger partial charge in [-0.15, -0.1) is 11.3 Å². The van der Waals surface area contributed by atoms with Gasteiger partial charge in [0, 0.05) is 0 Å². The number of rotatable bonds is 2. The third kappa shape index (κ3) is 2.62. The lowest BCUT2D eigenvalue weighted by atomic mass is 9.86. The van der Waals surface area contributed by atoms with Crippen molar-refractivity contribution in [3.63, 3.8) is 0 Å². The van der Waals surface area contributed by atoms with Crippen molar-refractivity contribution in [1.29, 1.82) is 0 Å². The van der Waals surface area contributed by atoms with E-state index in [1.807, 2.05) is 19.1 Å². The quantitative estimate of drug-likeness (QED) is 0.891. The van der Waals surface area contributed by atoms with Crippen molar-refractivity contribution in [2.24, 2.45) is 0 Å². The minimum atomic E-state index is -0.563. The van der Waals surface area contributed by atoms with Crippen molar-refractivity contribution in [2.75, 3.05) is 0 Å². The molecule has 2 nitrogen and oxygen atoms in total. The molecule has 1 N–H and O–H groups in total. The summed E-state index contributed by atoms with van der Waals surface area (Å²) >= 11 is 1.50. The summed E-state index contributed by atoms with van der Waals surface area (Å²) in [6, 6.07) is 8.19. The molecule has 0 amide bonds. The molecule has 1 atom stereocenters. The van der Waals surface area contributed by atoms with Gasteiger partial charge in [-0.25, -0.2) is 4.98 Å². The summed E-state index contributed by atoms with van der Waals surface area (Å²) in [5, 5.41) is 10.3. The highest BCUT2D eigenvalue weighted by Crippen LogP contribution is 2.29. The van der Waals surface area contributed by atoms with E-state index in [-0.39, 0.29) is 5.41 Å². The molecule has 0 bridgehead atoms. The molecule has 1 aromatic carbocycles. The fourth-order valence-corrected chi connectivity index (χ4v) is 2.70. The van der Waals surface area contributed by atoms with Gasteiger partial charge in [0.25, 0.3) is 0 Å². The van der Waals surface area contributed by atoms with E-state index in [2.05, 4.69) is 37.9 Å². The Morgan fingerprint density at radius 1 is 1.17 bits per heavy atom. The van der Waals surface area contributed by atoms with Crippen LogP contribution in [-0.4, -0.2) is 10.1 Å². The molecule has 0 fully saturated rings. The van der Waals surface area contributed by atoms with Crippen molar-refractivity contribution in [3.8, 4) is 0 Å². The summed E-state index contributed by atoms with van der Waals surface area (Å²) in [4.78, 5) is 5.11. The fourth-order valence-electron chi connectivity index (χ4n) is 1.89. The van der Waals surface area contributed by atoms with Crippen molar-refractivity contribution >= 4 is 11.3 Å². The molecule has 0 radical (unpaired) electrons. The van der Waals surface area contributed by atoms with Gasteiger partial charge < -0.3 is 5.11 Å². The van der Waals surface area contributed by atoms with Gasteiger partial charge in [-0.2, -0.15) is 0 Å². The second-order valence-electron chi connectivity index (χ2n) is 5.58. The molecule has 0 aliphatic carbocycles. The largest absolute Gasteiger partial charge is 0.383 e. The van der Waals surface area contributed by atoms with E-state index in [4.69, 9.17) is 0 Å². The average molecular weight is 261 g/mol. The summed E-state index contributed by atoms with van der Waals surface area (Å²) in [5.74, 6) is 0. The molecule has 0 spiro atoms. The molecule has 0 aliphatic rings. The molecular formula is C15H19NOS. The van der Waals surface area contributed by atoms with Gasteiger partial charge in [-0.3, -0.25) is 0 Å². The van der Waals surface area contributed by atoms with Crippen LogP contribution in [0, 0.1) is 6.92 Å². The highest BCUT2D eigenvalue weighted by molar-refractivity contribution is 7.09. The molecule has 1 heterocycles. The minimum absolute atomic E-state index is 0.143. The van der Waals surface area contributed by atoms with E-state index in [1.54, 1.807) is 5.51 Å². The number of hydrogen-bond acceptors (Lipinski definition) is 3. The summed E-state index contributed by atoms with van der Waals surface area (Å²) in [7, 11) is 0. The van der Waals surface area contributed by atoms with E-state index >= 15 is 0 Å². The maximum absolute atomic E-state index is 10.3. The normalized spacial score (nSPS) is 13.6. The van der Waals surface area contributed by atoms with Gasteiger partial charge in [0.15, 0.2) is 0 Å². The predicted molar refractivity (Wildman–Crippen MR) is 76.1 cm³/mol. The third-order valence-corrected chi connectivity index (χ3v) is 4.11. The highest BCUT2D eigenvalue weighted by Gasteiger charge is 2.17. The van der Waals surface area contributed by atoms with E-state index in [0.717, 1.165) is 16.1 Å². The number of hydrogen-bond donors (Lipinski definition) is 1. The van der Waals surface area contributed by atoms with Gasteiger partial charge in [-0.1, -0.05) is 45.0 Å². The monoisotopic (exact) mass is 261 g/mol. The Morgan fingerprint density at radius 2 is 1.78 bits per heavy atom. The first kappa shape index (κ1) is 13.2. The number of nitrogens with zero attached hydrogens (tertiary/aromatic N) is 1. The Morgan fingerprint density at radius 3 is 2.22 bits per heavy atom. The van der Waals surface area contributed by atoms with Gasteiger partial charge >= 0.3 is 0 Å². The zero-order chi connectivity index (χ0) is 13.3. The van der Waals surface area contributed by atoms with Crippen LogP contribution >= 0.6 is 11.3 Å². The maximum atomic E-state index is 10.3. The lowest BCUT2D eigenvalue weighted by Gasteiger charge is -2.20. The molecule has 18 heavy (non-hydrogen) atoms. The first-order valence-corrected chi connectivity index (χ1v) is 6.96. The smallest absolute Gasteiger partial charge is 0.115 e. The van der Waals surface area contributed by atoms with Crippen LogP contribution < -0.4 is 0 Å². The second kappa shape index (κ2) is 4.82. The molecule has 2 aromatic rings. The van der Waals surface area contributed by atoms with E-state index < -0.39 is 6.10 Å². The minimum Gasteiger partial charge on any atom is -0.383 e. The van der Waals surface area contributed by atoms with Crippen LogP contribution in [0.3, 0.4) is 0 Å². The molecule has 0 aliphatic heterocycles. The first-order chi connectivity index (χ1) is 8.39. The van der Waals surface area contributed by atoms with Gasteiger partial charge in [0.05, 0.1) is 16.1 Å². The Hall–Kier alpha value is -1.19. The number of thiazole rings is 1. The molecule has 1 unspecified atom stereocenters. The lowest BCUT2D eigenvalue weighted by Crippen LogP contribution is -2.11. The standard InChI is InChI=1S/C15H19NOS/c1-10-14(18-9-16-10)13(17)11-5-7-12(8-6-11)15(2,3)4/h5-9,13,17H,1-4H3. The van der Waals surface area contributed by atoms with Crippen molar-refractivity contribution in [2.45, 2.75) is 39.2 Å². The summed E-state index contributed by atoms with van der Waals surface area (Å²) in [5.41, 5.74) is 5.03. The summed E-state index contributed by atoms with van der Waals surface area (Å²) < 4.78 is 0. The van der Waals surface area contributed by atoms with Gasteiger partial charge in [-0.05, 0) is 23.5 Å². The zero-order valence-electron chi connectivity index (χ0n) is 11.3. The third-order valence-electron chi connectivity index (χ3n) is 3.12. The van der Waals surface area contributed by atoms with Crippen LogP contribution in [-0.2, 0) is 5.41 Å². The molecule has 3 heteroatoms. The van der Waals surface area contributed by atoms with Crippen LogP contribution in [0.1, 0.15) is 48.6 Å². The molecule has 2 rings (SSSR count). The van der Waals surface area contributed by atoms with Gasteiger partial charge in [0.1, 0.15) is 6.10 Å². The maximum Gasteiger partial charge on any atom is 0.115 e. The molecule has 0 saturated heterocycles. The Labute approximate surface area is 112 Å². The number of aryl methyl sites for hydroxylation is 1. The Bertz CT molecular complexity index is 522. The van der Waals surface area contributed by atoms with Crippen LogP contribution in [0.4, 0.5) is 0 Å². The number of benzene rings is 1. The number of aliphatic hydroxyl groups is 1. The molecule has 1 aromatic heterocycles. The van der Waals surface area contributed by atoms with Crippen LogP contribution in [0.2, 0.25) is 0 Å². The number of aliphatic hydroxyl groups excluding tert-OH is 1. The molecular weight excluding hydrogens is 242 g/mol. The van der Waals surface area contributed by atoms with Crippen LogP contribution in [0.25, 0.3) is 0 Å². The fraction of sp³-hybridized carbons (Fsp3) is 0.400. The second-order valence-corrected chi connectivity index (χ2v) is 6.46. The summed E-state index contributed by atoms with van der Waals surface area (Å²) in [6.45, 7) is 8.49. The van der Waals surface area contributed by atoms with Crippen molar-refractivity contribution in [3.05, 3.63) is 51.5 Å². The number of aromatic nitrogens is 1.